The standard InChI is InChI=1S/C25H23F3N6OS/c1-36-8-6-34(7-9-36)16-18-3-5-20(11-22(18)25(26,27)28)33-24(35)19-10-17(12-30-13-19)2-4-21-14-32-23(29)15-31-21/h3,5,10-15H,1,6-9,16H2,(H2,29,32)(H,33,35). The van der Waals surface area contributed by atoms with E-state index in [1.807, 2.05) is 4.90 Å². The summed E-state index contributed by atoms with van der Waals surface area (Å²) in [5.74, 6) is 11.1. The summed E-state index contributed by atoms with van der Waals surface area (Å²) in [7, 11) is 0.0806. The molecule has 1 fully saturated rings. The molecule has 186 valence electrons. The Labute approximate surface area is 208 Å². The third kappa shape index (κ3) is 6.68. The molecule has 0 saturated carbocycles. The third-order valence-electron chi connectivity index (χ3n) is 5.47. The minimum absolute atomic E-state index is 0.0441. The average Bonchev–Trinajstić information content (AvgIpc) is 2.85. The van der Waals surface area contributed by atoms with Gasteiger partial charge in [-0.1, -0.05) is 17.9 Å². The van der Waals surface area contributed by atoms with Crippen LogP contribution >= 0.6 is 10.5 Å². The molecule has 3 aromatic rings. The number of pyridine rings is 1. The molecule has 0 spiro atoms. The maximum atomic E-state index is 13.8. The van der Waals surface area contributed by atoms with Gasteiger partial charge in [-0.05, 0) is 29.7 Å². The number of aromatic nitrogens is 3. The molecule has 4 rings (SSSR count). The first kappa shape index (κ1) is 25.3. The number of nitrogens with zero attached hydrogens (tertiary/aromatic N) is 4. The number of anilines is 2. The van der Waals surface area contributed by atoms with E-state index in [2.05, 4.69) is 38.0 Å². The van der Waals surface area contributed by atoms with Crippen molar-refractivity contribution in [2.75, 3.05) is 35.6 Å². The van der Waals surface area contributed by atoms with Crippen LogP contribution in [0.25, 0.3) is 0 Å². The van der Waals surface area contributed by atoms with E-state index in [1.54, 1.807) is 0 Å². The summed E-state index contributed by atoms with van der Waals surface area (Å²) in [6.07, 6.45) is 1.01. The Hall–Kier alpha value is -3.75. The van der Waals surface area contributed by atoms with Crippen molar-refractivity contribution in [3.05, 3.63) is 77.0 Å². The second-order valence-corrected chi connectivity index (χ2v) is 10.2. The van der Waals surface area contributed by atoms with Crippen LogP contribution in [0.2, 0.25) is 0 Å². The van der Waals surface area contributed by atoms with Gasteiger partial charge in [0.1, 0.15) is 11.5 Å². The van der Waals surface area contributed by atoms with Crippen molar-refractivity contribution in [2.45, 2.75) is 12.7 Å². The van der Waals surface area contributed by atoms with Crippen molar-refractivity contribution in [2.24, 2.45) is 0 Å². The van der Waals surface area contributed by atoms with Crippen molar-refractivity contribution in [1.82, 2.24) is 19.9 Å². The highest BCUT2D eigenvalue weighted by Gasteiger charge is 2.34. The fourth-order valence-corrected chi connectivity index (χ4v) is 4.80. The van der Waals surface area contributed by atoms with Gasteiger partial charge in [0.25, 0.3) is 5.91 Å². The highest BCUT2D eigenvalue weighted by Crippen LogP contribution is 2.35. The van der Waals surface area contributed by atoms with Crippen LogP contribution in [0.15, 0.2) is 49.1 Å². The lowest BCUT2D eigenvalue weighted by molar-refractivity contribution is -0.138. The molecule has 7 nitrogen and oxygen atoms in total. The van der Waals surface area contributed by atoms with Gasteiger partial charge in [0.05, 0.1) is 23.5 Å². The summed E-state index contributed by atoms with van der Waals surface area (Å²) in [4.78, 5) is 26.7. The fraction of sp³-hybridized carbons (Fsp3) is 0.240. The number of alkyl halides is 3. The molecule has 0 atom stereocenters. The van der Waals surface area contributed by atoms with Gasteiger partial charge in [-0.3, -0.25) is 14.7 Å². The summed E-state index contributed by atoms with van der Waals surface area (Å²) in [5.41, 5.74) is 5.92. The molecule has 0 aliphatic carbocycles. The van der Waals surface area contributed by atoms with Gasteiger partial charge in [-0.25, -0.2) is 9.97 Å². The Bertz CT molecular complexity index is 1340. The lowest BCUT2D eigenvalue weighted by atomic mass is 10.0. The van der Waals surface area contributed by atoms with E-state index in [0.717, 1.165) is 30.7 Å². The van der Waals surface area contributed by atoms with E-state index in [4.69, 9.17) is 5.73 Å². The number of hydrogen-bond acceptors (Lipinski definition) is 6. The second kappa shape index (κ2) is 10.9. The Morgan fingerprint density at radius 2 is 1.89 bits per heavy atom. The van der Waals surface area contributed by atoms with Crippen molar-refractivity contribution in [1.29, 1.82) is 0 Å². The predicted octanol–water partition coefficient (Wildman–Crippen LogP) is 3.64. The second-order valence-electron chi connectivity index (χ2n) is 8.16. The van der Waals surface area contributed by atoms with Gasteiger partial charge in [0.2, 0.25) is 0 Å². The Balaban J connectivity index is 1.50. The zero-order chi connectivity index (χ0) is 25.7. The normalized spacial score (nSPS) is 14.6. The number of nitrogen functional groups attached to an aromatic ring is 1. The number of rotatable bonds is 4. The molecule has 1 aliphatic heterocycles. The van der Waals surface area contributed by atoms with Gasteiger partial charge in [0.15, 0.2) is 0 Å². The highest BCUT2D eigenvalue weighted by atomic mass is 32.2. The number of halogens is 3. The molecule has 0 radical (unpaired) electrons. The zero-order valence-corrected chi connectivity index (χ0v) is 20.0. The van der Waals surface area contributed by atoms with E-state index in [1.165, 1.54) is 43.0 Å². The van der Waals surface area contributed by atoms with E-state index < -0.39 is 17.6 Å². The van der Waals surface area contributed by atoms with Crippen LogP contribution in [0.3, 0.4) is 0 Å². The van der Waals surface area contributed by atoms with Gasteiger partial charge >= 0.3 is 6.18 Å². The minimum Gasteiger partial charge on any atom is -0.382 e. The number of hydrogen-bond donors (Lipinski definition) is 2. The quantitative estimate of drug-likeness (QED) is 0.409. The average molecular weight is 513 g/mol. The molecule has 1 aromatic carbocycles. The molecule has 11 heteroatoms. The third-order valence-corrected chi connectivity index (χ3v) is 6.99. The molecule has 2 aromatic heterocycles. The summed E-state index contributed by atoms with van der Waals surface area (Å²) >= 11 is 0. The topological polar surface area (TPSA) is 97.0 Å². The number of amides is 1. The summed E-state index contributed by atoms with van der Waals surface area (Å²) in [5, 5.41) is 2.53. The number of nitrogens with two attached hydrogens (primary N) is 1. The smallest absolute Gasteiger partial charge is 0.382 e. The predicted molar refractivity (Wildman–Crippen MR) is 136 cm³/mol. The summed E-state index contributed by atoms with van der Waals surface area (Å²) < 4.78 is 41.5. The van der Waals surface area contributed by atoms with Gasteiger partial charge < -0.3 is 11.1 Å². The number of benzene rings is 1. The molecule has 0 bridgehead atoms. The highest BCUT2D eigenvalue weighted by molar-refractivity contribution is 8.14. The molecule has 1 saturated heterocycles. The van der Waals surface area contributed by atoms with Gasteiger partial charge in [-0.2, -0.15) is 23.7 Å². The first-order valence-corrected chi connectivity index (χ1v) is 12.7. The lowest BCUT2D eigenvalue weighted by Gasteiger charge is -2.29. The number of carbonyl (C=O) groups excluding carboxylic acids is 1. The molecule has 1 amide bonds. The van der Waals surface area contributed by atoms with E-state index in [-0.39, 0.29) is 39.7 Å². The monoisotopic (exact) mass is 512 g/mol. The van der Waals surface area contributed by atoms with Crippen LogP contribution in [0, 0.1) is 11.8 Å². The van der Waals surface area contributed by atoms with Gasteiger partial charge in [-0.15, -0.1) is 0 Å². The zero-order valence-electron chi connectivity index (χ0n) is 19.2. The lowest BCUT2D eigenvalue weighted by Crippen LogP contribution is -2.33. The molecule has 36 heavy (non-hydrogen) atoms. The fourth-order valence-electron chi connectivity index (χ4n) is 3.56. The number of carbonyl (C=O) groups is 1. The Kier molecular flexibility index (Phi) is 7.67. The molecule has 3 heterocycles. The maximum absolute atomic E-state index is 13.8. The molecule has 0 unspecified atom stereocenters. The van der Waals surface area contributed by atoms with Crippen molar-refractivity contribution in [3.8, 4) is 11.8 Å². The summed E-state index contributed by atoms with van der Waals surface area (Å²) in [6.45, 7) is 1.64. The molecular formula is C25H23F3N6OS. The molecule has 3 N–H and O–H groups in total. The van der Waals surface area contributed by atoms with Crippen LogP contribution in [-0.2, 0) is 12.7 Å². The summed E-state index contributed by atoms with van der Waals surface area (Å²) in [6, 6.07) is 5.37. The van der Waals surface area contributed by atoms with E-state index in [0.29, 0.717) is 11.3 Å². The Morgan fingerprint density at radius 1 is 1.11 bits per heavy atom. The van der Waals surface area contributed by atoms with Crippen LogP contribution in [0.4, 0.5) is 24.7 Å². The van der Waals surface area contributed by atoms with E-state index in [9.17, 15) is 18.0 Å². The first-order chi connectivity index (χ1) is 17.2. The van der Waals surface area contributed by atoms with Crippen molar-refractivity contribution in [3.63, 3.8) is 0 Å². The largest absolute Gasteiger partial charge is 0.416 e. The van der Waals surface area contributed by atoms with Crippen LogP contribution in [0.1, 0.15) is 32.7 Å². The first-order valence-electron chi connectivity index (χ1n) is 10.9. The van der Waals surface area contributed by atoms with Crippen molar-refractivity contribution < 1.29 is 18.0 Å². The minimum atomic E-state index is -4.55. The Morgan fingerprint density at radius 3 is 2.58 bits per heavy atom. The van der Waals surface area contributed by atoms with E-state index >= 15 is 0 Å². The van der Waals surface area contributed by atoms with Gasteiger partial charge in [0, 0.05) is 54.8 Å². The van der Waals surface area contributed by atoms with Crippen LogP contribution in [0.5, 0.6) is 0 Å². The van der Waals surface area contributed by atoms with Crippen molar-refractivity contribution >= 4 is 33.8 Å². The van der Waals surface area contributed by atoms with Crippen LogP contribution < -0.4 is 11.1 Å². The SMILES string of the molecule is C=S1CCN(Cc2ccc(NC(=O)c3cncc(C#Cc4cnc(N)cn4)c3)cc2C(F)(F)F)CC1. The van der Waals surface area contributed by atoms with Crippen LogP contribution in [-0.4, -0.2) is 56.2 Å². The molecular weight excluding hydrogens is 489 g/mol. The maximum Gasteiger partial charge on any atom is 0.416 e. The molecule has 1 aliphatic rings. The number of nitrogens with one attached hydrogen (secondary N) is 1.